The minimum Gasteiger partial charge on any atom is -0.462 e. The number of hydrogen-bond donors (Lipinski definition) is 1. The van der Waals surface area contributed by atoms with E-state index in [4.69, 9.17) is 4.74 Å². The molecule has 0 fully saturated rings. The Morgan fingerprint density at radius 2 is 0.968 bits per heavy atom. The van der Waals surface area contributed by atoms with Crippen LogP contribution in [0.15, 0.2) is 158 Å². The summed E-state index contributed by atoms with van der Waals surface area (Å²) in [7, 11) is 0. The molecule has 2 heterocycles. The number of carbonyl (C=O) groups excluding carboxylic acids is 2. The summed E-state index contributed by atoms with van der Waals surface area (Å²) in [5.74, 6) is 1.30. The number of nitrogens with zero attached hydrogens (tertiary/aromatic N) is 4. The van der Waals surface area contributed by atoms with Crippen molar-refractivity contribution in [2.75, 3.05) is 16.4 Å². The van der Waals surface area contributed by atoms with E-state index in [0.29, 0.717) is 24.5 Å². The molecule has 0 saturated carbocycles. The highest BCUT2D eigenvalue weighted by molar-refractivity contribution is 6.16. The maximum atomic E-state index is 14.5. The number of carbonyl (C=O) groups is 2. The molecule has 306 valence electrons. The van der Waals surface area contributed by atoms with Gasteiger partial charge >= 0.3 is 5.97 Å². The Morgan fingerprint density at radius 1 is 0.532 bits per heavy atom. The number of aryl methyl sites for hydroxylation is 2. The van der Waals surface area contributed by atoms with Crippen LogP contribution < -0.4 is 9.80 Å². The maximum Gasteiger partial charge on any atom is 0.340 e. The Balaban J connectivity index is 1.31. The number of fused-ring (bicyclic) bond motifs is 6. The van der Waals surface area contributed by atoms with Gasteiger partial charge in [0.15, 0.2) is 0 Å². The van der Waals surface area contributed by atoms with Crippen LogP contribution in [0.5, 0.6) is 0 Å². The van der Waals surface area contributed by atoms with Crippen LogP contribution in [-0.4, -0.2) is 32.6 Å². The van der Waals surface area contributed by atoms with Crippen molar-refractivity contribution in [2.45, 2.75) is 47.0 Å². The summed E-state index contributed by atoms with van der Waals surface area (Å²) in [6, 6.07) is 53.0. The van der Waals surface area contributed by atoms with Crippen molar-refractivity contribution in [2.24, 2.45) is 0 Å². The van der Waals surface area contributed by atoms with Gasteiger partial charge in [0.25, 0.3) is 0 Å². The van der Waals surface area contributed by atoms with E-state index in [0.717, 1.165) is 79.2 Å². The molecule has 0 bridgehead atoms. The van der Waals surface area contributed by atoms with Gasteiger partial charge in [-0.1, -0.05) is 97.1 Å². The van der Waals surface area contributed by atoms with Crippen LogP contribution in [0.2, 0.25) is 0 Å². The van der Waals surface area contributed by atoms with Gasteiger partial charge in [-0.15, -0.1) is 0 Å². The number of benzene rings is 7. The first-order valence-corrected chi connectivity index (χ1v) is 21.1. The van der Waals surface area contributed by atoms with Crippen molar-refractivity contribution in [3.05, 3.63) is 180 Å². The third-order valence-corrected chi connectivity index (χ3v) is 11.7. The summed E-state index contributed by atoms with van der Waals surface area (Å²) in [5, 5.41) is 14.3. The van der Waals surface area contributed by atoms with Crippen molar-refractivity contribution < 1.29 is 19.4 Å². The monoisotopic (exact) mass is 814 g/mol. The van der Waals surface area contributed by atoms with Crippen molar-refractivity contribution in [1.29, 1.82) is 0 Å². The average molecular weight is 815 g/mol. The fraction of sp³-hybridized carbons (Fsp3) is 0.148. The third kappa shape index (κ3) is 7.18. The number of aromatic nitrogens is 2. The molecule has 7 aromatic carbocycles. The van der Waals surface area contributed by atoms with Crippen molar-refractivity contribution in [1.82, 2.24) is 9.13 Å². The first kappa shape index (κ1) is 39.7. The summed E-state index contributed by atoms with van der Waals surface area (Å²) in [6.07, 6.45) is 1.87. The van der Waals surface area contributed by atoms with Crippen LogP contribution >= 0.6 is 0 Å². The zero-order valence-electron chi connectivity index (χ0n) is 35.0. The van der Waals surface area contributed by atoms with Crippen LogP contribution in [0.3, 0.4) is 0 Å². The van der Waals surface area contributed by atoms with Gasteiger partial charge in [-0.3, -0.25) is 4.79 Å². The summed E-state index contributed by atoms with van der Waals surface area (Å²) < 4.78 is 10.4. The highest BCUT2D eigenvalue weighted by atomic mass is 16.5. The number of ketones is 1. The Bertz CT molecular complexity index is 3190. The summed E-state index contributed by atoms with van der Waals surface area (Å²) in [4.78, 5) is 33.0. The molecule has 0 radical (unpaired) electrons. The van der Waals surface area contributed by atoms with E-state index in [2.05, 4.69) is 118 Å². The fourth-order valence-electron chi connectivity index (χ4n) is 8.96. The van der Waals surface area contributed by atoms with Gasteiger partial charge in [-0.2, -0.15) is 0 Å². The van der Waals surface area contributed by atoms with E-state index in [1.807, 2.05) is 72.8 Å². The normalized spacial score (nSPS) is 11.2. The molecular formula is C54H46N4O4. The molecule has 1 N–H and O–H groups in total. The first-order chi connectivity index (χ1) is 30.4. The number of esters is 1. The Kier molecular flexibility index (Phi) is 10.9. The second kappa shape index (κ2) is 17.1. The summed E-state index contributed by atoms with van der Waals surface area (Å²) >= 11 is 0. The molecule has 0 amide bonds. The van der Waals surface area contributed by atoms with E-state index in [1.54, 1.807) is 19.1 Å². The second-order valence-corrected chi connectivity index (χ2v) is 15.2. The molecule has 8 heteroatoms. The number of rotatable bonds is 13. The fourth-order valence-corrected chi connectivity index (χ4v) is 8.96. The molecule has 8 nitrogen and oxygen atoms in total. The third-order valence-electron chi connectivity index (χ3n) is 11.7. The van der Waals surface area contributed by atoms with E-state index in [1.165, 1.54) is 0 Å². The largest absolute Gasteiger partial charge is 0.462 e. The number of hydrogen-bond acceptors (Lipinski definition) is 6. The number of anilines is 4. The van der Waals surface area contributed by atoms with Crippen molar-refractivity contribution in [3.63, 3.8) is 0 Å². The van der Waals surface area contributed by atoms with Crippen LogP contribution in [0.25, 0.3) is 43.6 Å². The summed E-state index contributed by atoms with van der Waals surface area (Å²) in [6.45, 7) is 8.55. The molecule has 0 atom stereocenters. The smallest absolute Gasteiger partial charge is 0.340 e. The molecule has 2 aromatic heterocycles. The van der Waals surface area contributed by atoms with Gasteiger partial charge in [0.1, 0.15) is 6.11 Å². The number of aliphatic hydroxyl groups excluding tert-OH is 1. The van der Waals surface area contributed by atoms with Gasteiger partial charge in [0.05, 0.1) is 29.1 Å². The molecule has 62 heavy (non-hydrogen) atoms. The maximum absolute atomic E-state index is 14.5. The molecule has 0 aliphatic rings. The van der Waals surface area contributed by atoms with E-state index in [-0.39, 0.29) is 17.7 Å². The second-order valence-electron chi connectivity index (χ2n) is 15.2. The lowest BCUT2D eigenvalue weighted by molar-refractivity contribution is 0.0527. The van der Waals surface area contributed by atoms with Gasteiger partial charge in [0, 0.05) is 87.1 Å². The Labute approximate surface area is 360 Å². The van der Waals surface area contributed by atoms with Gasteiger partial charge < -0.3 is 28.8 Å². The van der Waals surface area contributed by atoms with Crippen LogP contribution in [0.4, 0.5) is 22.7 Å². The predicted molar refractivity (Wildman–Crippen MR) is 251 cm³/mol. The molecule has 0 aliphatic carbocycles. The Hall–Kier alpha value is -7.76. The van der Waals surface area contributed by atoms with Crippen molar-refractivity contribution >= 4 is 78.1 Å². The predicted octanol–water partition coefficient (Wildman–Crippen LogP) is 12.3. The number of aliphatic hydroxyl groups is 1. The minimum absolute atomic E-state index is 0.150. The lowest BCUT2D eigenvalue weighted by Crippen LogP contribution is -2.24. The molecule has 0 saturated heterocycles. The molecular weight excluding hydrogens is 769 g/mol. The average Bonchev–Trinajstić information content (AvgIpc) is 3.81. The first-order valence-electron chi connectivity index (χ1n) is 21.1. The SMILES string of the molecule is CCOC(=O)c1cc(N(Cc2ccccc2)c2ccc3c(c2)c2ccccc2n3CC)c(C(=O)C#CO)cc1N(Cc1ccccc1)c1ccc2c(c1)c1ccccc1n2CC. The van der Waals surface area contributed by atoms with E-state index < -0.39 is 11.8 Å². The molecule has 0 unspecified atom stereocenters. The quantitative estimate of drug-likeness (QED) is 0.0709. The highest BCUT2D eigenvalue weighted by Crippen LogP contribution is 2.42. The summed E-state index contributed by atoms with van der Waals surface area (Å²) in [5.41, 5.74) is 9.52. The van der Waals surface area contributed by atoms with Gasteiger partial charge in [-0.05, 0) is 92.6 Å². The molecule has 9 aromatic rings. The van der Waals surface area contributed by atoms with Gasteiger partial charge in [-0.25, -0.2) is 4.79 Å². The van der Waals surface area contributed by atoms with E-state index in [9.17, 15) is 14.7 Å². The number of para-hydroxylation sites is 2. The minimum atomic E-state index is -0.595. The standard InChI is InChI=1S/C54H46N4O4/c1-4-55-47-23-15-13-21-41(47)43-31-39(25-27-49(43)55)57(35-37-17-9-7-10-18-37)51-34-46(54(61)62-6-3)52(33-45(51)53(60)29-30-59)58(36-38-19-11-8-12-20-38)40-26-28-50-44(32-40)42-22-14-16-24-48(42)56(50)5-2/h7-28,31-34,59H,4-6,35-36H2,1-3H3. The van der Waals surface area contributed by atoms with Gasteiger partial charge in [0.2, 0.25) is 5.78 Å². The van der Waals surface area contributed by atoms with Crippen LogP contribution in [-0.2, 0) is 30.9 Å². The zero-order valence-corrected chi connectivity index (χ0v) is 35.0. The molecule has 9 rings (SSSR count). The number of Topliss-reactive ketones (excluding diaryl/α,β-unsaturated/α-hetero) is 1. The Morgan fingerprint density at radius 3 is 1.44 bits per heavy atom. The number of ether oxygens (including phenoxy) is 1. The lowest BCUT2D eigenvalue weighted by atomic mass is 9.99. The molecule has 0 spiro atoms. The molecule has 0 aliphatic heterocycles. The van der Waals surface area contributed by atoms with Crippen LogP contribution in [0.1, 0.15) is 52.6 Å². The van der Waals surface area contributed by atoms with Crippen LogP contribution in [0, 0.1) is 12.0 Å². The van der Waals surface area contributed by atoms with E-state index >= 15 is 0 Å². The zero-order chi connectivity index (χ0) is 42.7. The lowest BCUT2D eigenvalue weighted by Gasteiger charge is -2.31. The topological polar surface area (TPSA) is 79.9 Å². The van der Waals surface area contributed by atoms with Crippen molar-refractivity contribution in [3.8, 4) is 12.0 Å². The highest BCUT2D eigenvalue weighted by Gasteiger charge is 2.28.